The smallest absolute Gasteiger partial charge is 0.306 e. The lowest BCUT2D eigenvalue weighted by Crippen LogP contribution is -2.44. The van der Waals surface area contributed by atoms with E-state index in [4.69, 9.17) is 9.47 Å². The topological polar surface area (TPSA) is 98.8 Å². The van der Waals surface area contributed by atoms with Gasteiger partial charge in [0.2, 0.25) is 5.91 Å². The van der Waals surface area contributed by atoms with Crippen LogP contribution >= 0.6 is 12.6 Å². The fourth-order valence-corrected chi connectivity index (χ4v) is 8.51. The van der Waals surface area contributed by atoms with E-state index in [2.05, 4.69) is 38.7 Å². The molecule has 0 rings (SSSR count). The van der Waals surface area contributed by atoms with Crippen LogP contribution in [0.1, 0.15) is 290 Å². The number of ketones is 1. The zero-order valence-electron chi connectivity index (χ0n) is 41.2. The van der Waals surface area contributed by atoms with E-state index < -0.39 is 18.1 Å². The maximum Gasteiger partial charge on any atom is 0.306 e. The number of esters is 2. The van der Waals surface area contributed by atoms with Crippen LogP contribution in [0, 0.1) is 6.42 Å². The molecule has 365 valence electrons. The van der Waals surface area contributed by atoms with Gasteiger partial charge in [0.15, 0.2) is 5.78 Å². The van der Waals surface area contributed by atoms with Gasteiger partial charge < -0.3 is 14.8 Å². The highest BCUT2D eigenvalue weighted by molar-refractivity contribution is 7.80. The molecule has 7 nitrogen and oxygen atoms in total. The van der Waals surface area contributed by atoms with E-state index >= 15 is 0 Å². The summed E-state index contributed by atoms with van der Waals surface area (Å²) in [6, 6.07) is -0.837. The van der Waals surface area contributed by atoms with Crippen LogP contribution in [0.3, 0.4) is 0 Å². The van der Waals surface area contributed by atoms with Crippen LogP contribution in [0.2, 0.25) is 0 Å². The Hall–Kier alpha value is -1.57. The number of amides is 1. The van der Waals surface area contributed by atoms with Gasteiger partial charge in [0.05, 0.1) is 12.5 Å². The summed E-state index contributed by atoms with van der Waals surface area (Å²) in [6.07, 6.45) is 49.2. The van der Waals surface area contributed by atoms with E-state index in [1.54, 1.807) is 0 Å². The van der Waals surface area contributed by atoms with Crippen LogP contribution in [-0.2, 0) is 28.7 Å². The summed E-state index contributed by atoms with van der Waals surface area (Å²) in [6.45, 7) is 6.56. The molecule has 0 aromatic carbocycles. The Kier molecular flexibility index (Phi) is 47.6. The fraction of sp³-hybridized carbons (Fsp3) is 0.907. The minimum absolute atomic E-state index is 0.123. The first-order valence-corrected chi connectivity index (χ1v) is 27.6. The Labute approximate surface area is 390 Å². The first-order chi connectivity index (χ1) is 30.4. The number of unbranched alkanes of at least 4 members (excludes halogenated alkanes) is 36. The summed E-state index contributed by atoms with van der Waals surface area (Å²) < 4.78 is 11.3. The average molecular weight is 893 g/mol. The van der Waals surface area contributed by atoms with Gasteiger partial charge in [-0.2, -0.15) is 12.6 Å². The van der Waals surface area contributed by atoms with Crippen molar-refractivity contribution in [1.82, 2.24) is 5.32 Å². The molecule has 0 aliphatic rings. The third kappa shape index (κ3) is 43.7. The van der Waals surface area contributed by atoms with Crippen molar-refractivity contribution in [3.8, 4) is 0 Å². The van der Waals surface area contributed by atoms with E-state index in [1.807, 2.05) is 0 Å². The second kappa shape index (κ2) is 48.9. The van der Waals surface area contributed by atoms with Gasteiger partial charge in [0.25, 0.3) is 0 Å². The number of hydrogen-bond acceptors (Lipinski definition) is 7. The number of carbonyl (C=O) groups is 4. The SMILES string of the molecule is CCCCCCCCCCCCCCCC(=O)N[C@@H](CS)C(=O)[CH]C(COC(=O)CCCCCCCCCCCCCCC)OC(=O)CCCCCCCCCCCCCCC. The zero-order valence-corrected chi connectivity index (χ0v) is 42.1. The van der Waals surface area contributed by atoms with Gasteiger partial charge in [0, 0.05) is 25.0 Å². The Morgan fingerprint density at radius 3 is 1.03 bits per heavy atom. The number of rotatable bonds is 50. The third-order valence-corrected chi connectivity index (χ3v) is 12.7. The molecule has 0 aliphatic heterocycles. The number of nitrogens with one attached hydrogen (secondary N) is 1. The summed E-state index contributed by atoms with van der Waals surface area (Å²) in [5, 5.41) is 2.84. The van der Waals surface area contributed by atoms with E-state index in [-0.39, 0.29) is 36.4 Å². The maximum absolute atomic E-state index is 13.4. The number of ether oxygens (including phenoxy) is 2. The molecule has 1 radical (unpaired) electrons. The van der Waals surface area contributed by atoms with Crippen LogP contribution in [0.5, 0.6) is 0 Å². The van der Waals surface area contributed by atoms with Gasteiger partial charge in [0.1, 0.15) is 12.7 Å². The van der Waals surface area contributed by atoms with Crippen molar-refractivity contribution in [2.24, 2.45) is 0 Å². The third-order valence-electron chi connectivity index (χ3n) is 12.4. The molecule has 0 heterocycles. The standard InChI is InChI=1S/C54H102NO6S/c1-4-7-10-13-16-19-22-25-28-31-34-37-40-43-52(57)55-50(48-62)51(56)46-49(61-54(59)45-42-39-36-33-30-27-24-21-18-15-12-9-6-3)47-60-53(58)44-41-38-35-32-29-26-23-20-17-14-11-8-5-2/h46,49-50,62H,4-45,47-48H2,1-3H3,(H,55,57)/t49?,50-/m0/s1. The van der Waals surface area contributed by atoms with Gasteiger partial charge in [-0.25, -0.2) is 0 Å². The van der Waals surface area contributed by atoms with E-state index in [9.17, 15) is 19.2 Å². The quantitative estimate of drug-likeness (QED) is 0.0359. The highest BCUT2D eigenvalue weighted by Gasteiger charge is 2.26. The highest BCUT2D eigenvalue weighted by atomic mass is 32.1. The summed E-state index contributed by atoms with van der Waals surface area (Å²) in [5.74, 6) is -1.18. The van der Waals surface area contributed by atoms with Crippen molar-refractivity contribution < 1.29 is 28.7 Å². The Morgan fingerprint density at radius 2 is 0.710 bits per heavy atom. The lowest BCUT2D eigenvalue weighted by Gasteiger charge is -2.21. The molecule has 0 saturated carbocycles. The van der Waals surface area contributed by atoms with Gasteiger partial charge >= 0.3 is 11.9 Å². The molecule has 8 heteroatoms. The van der Waals surface area contributed by atoms with E-state index in [1.165, 1.54) is 199 Å². The molecule has 0 spiro atoms. The summed E-state index contributed by atoms with van der Waals surface area (Å²) in [4.78, 5) is 51.8. The van der Waals surface area contributed by atoms with Crippen molar-refractivity contribution in [2.75, 3.05) is 12.4 Å². The lowest BCUT2D eigenvalue weighted by atomic mass is 10.0. The largest absolute Gasteiger partial charge is 0.462 e. The second-order valence-corrected chi connectivity index (χ2v) is 18.9. The summed E-state index contributed by atoms with van der Waals surface area (Å²) >= 11 is 4.36. The molecule has 0 bridgehead atoms. The molecule has 0 aromatic heterocycles. The Bertz CT molecular complexity index is 1010. The zero-order chi connectivity index (χ0) is 45.4. The predicted octanol–water partition coefficient (Wildman–Crippen LogP) is 16.1. The Morgan fingerprint density at radius 1 is 0.419 bits per heavy atom. The Balaban J connectivity index is 4.64. The molecule has 0 fully saturated rings. The van der Waals surface area contributed by atoms with Crippen molar-refractivity contribution in [1.29, 1.82) is 0 Å². The first kappa shape index (κ1) is 60.4. The van der Waals surface area contributed by atoms with Gasteiger partial charge in [-0.05, 0) is 19.3 Å². The molecule has 1 unspecified atom stereocenters. The summed E-state index contributed by atoms with van der Waals surface area (Å²) in [5.41, 5.74) is 0. The van der Waals surface area contributed by atoms with Crippen LogP contribution in [0.15, 0.2) is 0 Å². The molecule has 1 amide bonds. The van der Waals surface area contributed by atoms with Crippen molar-refractivity contribution in [2.45, 2.75) is 303 Å². The van der Waals surface area contributed by atoms with Crippen LogP contribution in [-0.4, -0.2) is 48.1 Å². The number of hydrogen-bond donors (Lipinski definition) is 2. The molecule has 0 aliphatic carbocycles. The summed E-state index contributed by atoms with van der Waals surface area (Å²) in [7, 11) is 0. The van der Waals surface area contributed by atoms with Gasteiger partial charge in [-0.3, -0.25) is 19.2 Å². The van der Waals surface area contributed by atoms with E-state index in [0.29, 0.717) is 12.8 Å². The van der Waals surface area contributed by atoms with Crippen LogP contribution in [0.4, 0.5) is 0 Å². The molecule has 0 saturated heterocycles. The molecule has 2 atom stereocenters. The average Bonchev–Trinajstić information content (AvgIpc) is 3.26. The van der Waals surface area contributed by atoms with Crippen molar-refractivity contribution in [3.63, 3.8) is 0 Å². The normalized spacial score (nSPS) is 12.3. The molecule has 1 N–H and O–H groups in total. The monoisotopic (exact) mass is 893 g/mol. The molecule has 62 heavy (non-hydrogen) atoms. The van der Waals surface area contributed by atoms with Crippen LogP contribution < -0.4 is 5.32 Å². The molecular formula is C54H102NO6S. The molecule has 0 aromatic rings. The predicted molar refractivity (Wildman–Crippen MR) is 267 cm³/mol. The lowest BCUT2D eigenvalue weighted by molar-refractivity contribution is -0.158. The van der Waals surface area contributed by atoms with Crippen LogP contribution in [0.25, 0.3) is 0 Å². The van der Waals surface area contributed by atoms with Gasteiger partial charge in [-0.1, -0.05) is 252 Å². The highest BCUT2D eigenvalue weighted by Crippen LogP contribution is 2.17. The molecular weight excluding hydrogens is 791 g/mol. The van der Waals surface area contributed by atoms with Gasteiger partial charge in [-0.15, -0.1) is 0 Å². The van der Waals surface area contributed by atoms with E-state index in [0.717, 1.165) is 57.8 Å². The number of carbonyl (C=O) groups excluding carboxylic acids is 4. The first-order valence-electron chi connectivity index (χ1n) is 27.0. The number of thiol groups is 1. The minimum Gasteiger partial charge on any atom is -0.462 e. The fourth-order valence-electron chi connectivity index (χ4n) is 8.24. The van der Waals surface area contributed by atoms with Crippen molar-refractivity contribution >= 4 is 36.3 Å². The number of Topliss-reactive ketones (excluding diaryl/α,β-unsaturated/α-hetero) is 1. The van der Waals surface area contributed by atoms with Crippen molar-refractivity contribution in [3.05, 3.63) is 6.42 Å². The maximum atomic E-state index is 13.4. The second-order valence-electron chi connectivity index (χ2n) is 18.6. The minimum atomic E-state index is -1.01.